The van der Waals surface area contributed by atoms with Crippen molar-refractivity contribution in [3.05, 3.63) is 0 Å². The molecule has 0 aromatic heterocycles. The Morgan fingerprint density at radius 2 is 1.43 bits per heavy atom. The van der Waals surface area contributed by atoms with E-state index in [4.69, 9.17) is 17.2 Å². The first-order valence-electron chi connectivity index (χ1n) is 9.58. The highest BCUT2D eigenvalue weighted by Gasteiger charge is 2.28. The molecule has 0 unspecified atom stereocenters. The Labute approximate surface area is 166 Å². The molecule has 0 heterocycles. The number of nitrogens with two attached hydrogens (primary N) is 3. The summed E-state index contributed by atoms with van der Waals surface area (Å²) in [6, 6.07) is -2.68. The summed E-state index contributed by atoms with van der Waals surface area (Å²) < 4.78 is 0. The summed E-state index contributed by atoms with van der Waals surface area (Å²) in [6.45, 7) is 7.91. The number of carbonyl (C=O) groups excluding carboxylic acids is 2. The third kappa shape index (κ3) is 11.4. The Kier molecular flexibility index (Phi) is 11.8. The largest absolute Gasteiger partial charge is 0.480 e. The van der Waals surface area contributed by atoms with Crippen LogP contribution in [0, 0.1) is 11.8 Å². The Morgan fingerprint density at radius 3 is 1.89 bits per heavy atom. The number of carbonyl (C=O) groups is 3. The number of carboxylic acids is 1. The molecule has 0 aromatic carbocycles. The van der Waals surface area contributed by atoms with Crippen molar-refractivity contribution < 1.29 is 19.5 Å². The molecule has 0 aliphatic rings. The molecule has 9 N–H and O–H groups in total. The van der Waals surface area contributed by atoms with Crippen molar-refractivity contribution in [2.75, 3.05) is 6.54 Å². The van der Waals surface area contributed by atoms with E-state index in [1.807, 2.05) is 27.7 Å². The van der Waals surface area contributed by atoms with Gasteiger partial charge in [0.1, 0.15) is 12.1 Å². The number of guanidine groups is 1. The van der Waals surface area contributed by atoms with E-state index in [0.29, 0.717) is 32.2 Å². The molecule has 0 fully saturated rings. The minimum atomic E-state index is -1.10. The lowest BCUT2D eigenvalue weighted by molar-refractivity contribution is -0.142. The molecule has 28 heavy (non-hydrogen) atoms. The van der Waals surface area contributed by atoms with E-state index in [-0.39, 0.29) is 17.8 Å². The van der Waals surface area contributed by atoms with Crippen molar-refractivity contribution in [1.29, 1.82) is 0 Å². The first-order valence-corrected chi connectivity index (χ1v) is 9.58. The predicted octanol–water partition coefficient (Wildman–Crippen LogP) is -0.486. The Bertz CT molecular complexity index is 546. The average molecular weight is 401 g/mol. The number of carboxylic acid groups (broad SMARTS) is 1. The fourth-order valence-electron chi connectivity index (χ4n) is 2.60. The van der Waals surface area contributed by atoms with E-state index in [2.05, 4.69) is 15.6 Å². The third-order valence-electron chi connectivity index (χ3n) is 3.97. The Balaban J connectivity index is 4.90. The summed E-state index contributed by atoms with van der Waals surface area (Å²) >= 11 is 0. The van der Waals surface area contributed by atoms with E-state index in [9.17, 15) is 19.5 Å². The van der Waals surface area contributed by atoms with Crippen LogP contribution in [0.4, 0.5) is 0 Å². The minimum absolute atomic E-state index is 0.0268. The lowest BCUT2D eigenvalue weighted by Crippen LogP contribution is -2.55. The number of nitrogens with one attached hydrogen (secondary N) is 2. The molecule has 162 valence electrons. The second kappa shape index (κ2) is 12.9. The summed E-state index contributed by atoms with van der Waals surface area (Å²) in [5.74, 6) is -1.92. The van der Waals surface area contributed by atoms with Crippen LogP contribution in [0.2, 0.25) is 0 Å². The molecule has 0 saturated heterocycles. The minimum Gasteiger partial charge on any atom is -0.480 e. The van der Waals surface area contributed by atoms with Crippen molar-refractivity contribution in [2.24, 2.45) is 34.0 Å². The lowest BCUT2D eigenvalue weighted by atomic mass is 10.00. The molecule has 10 heteroatoms. The number of nitrogens with zero attached hydrogens (tertiary/aromatic N) is 1. The maximum Gasteiger partial charge on any atom is 0.326 e. The van der Waals surface area contributed by atoms with Gasteiger partial charge in [0.25, 0.3) is 0 Å². The van der Waals surface area contributed by atoms with Crippen LogP contribution in [0.1, 0.15) is 53.4 Å². The van der Waals surface area contributed by atoms with Crippen LogP contribution in [-0.4, -0.2) is 53.5 Å². The van der Waals surface area contributed by atoms with Gasteiger partial charge in [-0.1, -0.05) is 27.7 Å². The quantitative estimate of drug-likeness (QED) is 0.137. The van der Waals surface area contributed by atoms with Crippen LogP contribution in [0.3, 0.4) is 0 Å². The molecule has 10 nitrogen and oxygen atoms in total. The standard InChI is InChI=1S/C18H36N6O4/c1-10(2)8-13(16(26)24-14(17(27)28)9-11(3)4)23-15(25)12(19)6-5-7-22-18(20)21/h10-14H,5-9,19H2,1-4H3,(H,23,25)(H,24,26)(H,27,28)(H4,20,21,22)/t12-,13+,14+/m0/s1. The molecule has 0 aliphatic heterocycles. The van der Waals surface area contributed by atoms with Crippen LogP contribution < -0.4 is 27.8 Å². The third-order valence-corrected chi connectivity index (χ3v) is 3.97. The molecule has 0 saturated carbocycles. The first kappa shape index (κ1) is 25.6. The van der Waals surface area contributed by atoms with Crippen LogP contribution in [-0.2, 0) is 14.4 Å². The summed E-state index contributed by atoms with van der Waals surface area (Å²) in [4.78, 5) is 40.2. The number of hydrogen-bond donors (Lipinski definition) is 6. The zero-order valence-corrected chi connectivity index (χ0v) is 17.3. The predicted molar refractivity (Wildman–Crippen MR) is 108 cm³/mol. The van der Waals surface area contributed by atoms with Crippen molar-refractivity contribution in [3.8, 4) is 0 Å². The van der Waals surface area contributed by atoms with Gasteiger partial charge in [-0.3, -0.25) is 14.6 Å². The van der Waals surface area contributed by atoms with Gasteiger partial charge in [-0.25, -0.2) is 4.79 Å². The van der Waals surface area contributed by atoms with Gasteiger partial charge in [0.05, 0.1) is 6.04 Å². The number of hydrogen-bond acceptors (Lipinski definition) is 5. The van der Waals surface area contributed by atoms with E-state index in [1.165, 1.54) is 0 Å². The SMILES string of the molecule is CC(C)C[C@@H](NC(=O)[C@@H](CC(C)C)NC(=O)[C@@H](N)CCCN=C(N)N)C(=O)O. The molecule has 3 atom stereocenters. The fourth-order valence-corrected chi connectivity index (χ4v) is 2.60. The lowest BCUT2D eigenvalue weighted by Gasteiger charge is -2.24. The van der Waals surface area contributed by atoms with E-state index in [1.54, 1.807) is 0 Å². The first-order chi connectivity index (χ1) is 12.9. The van der Waals surface area contributed by atoms with Crippen molar-refractivity contribution >= 4 is 23.7 Å². The molecular formula is C18H36N6O4. The van der Waals surface area contributed by atoms with Gasteiger partial charge in [-0.15, -0.1) is 0 Å². The molecule has 0 bridgehead atoms. The highest BCUT2D eigenvalue weighted by atomic mass is 16.4. The molecule has 0 spiro atoms. The second-order valence-corrected chi connectivity index (χ2v) is 7.77. The highest BCUT2D eigenvalue weighted by Crippen LogP contribution is 2.09. The van der Waals surface area contributed by atoms with Gasteiger partial charge in [-0.2, -0.15) is 0 Å². The molecule has 0 aromatic rings. The number of rotatable bonds is 13. The van der Waals surface area contributed by atoms with E-state index in [0.717, 1.165) is 0 Å². The molecular weight excluding hydrogens is 364 g/mol. The van der Waals surface area contributed by atoms with Crippen molar-refractivity contribution in [2.45, 2.75) is 71.5 Å². The number of aliphatic imine (C=N–C) groups is 1. The normalized spacial score (nSPS) is 14.2. The zero-order chi connectivity index (χ0) is 21.9. The summed E-state index contributed by atoms with van der Waals surface area (Å²) in [6.07, 6.45) is 1.53. The zero-order valence-electron chi connectivity index (χ0n) is 17.3. The molecule has 2 amide bonds. The van der Waals surface area contributed by atoms with Gasteiger partial charge in [0.2, 0.25) is 11.8 Å². The average Bonchev–Trinajstić information content (AvgIpc) is 2.55. The smallest absolute Gasteiger partial charge is 0.326 e. The van der Waals surface area contributed by atoms with Crippen LogP contribution in [0.15, 0.2) is 4.99 Å². The van der Waals surface area contributed by atoms with Gasteiger partial charge in [0, 0.05) is 6.54 Å². The molecule has 0 aliphatic carbocycles. The maximum atomic E-state index is 12.6. The molecule has 0 rings (SSSR count). The summed E-state index contributed by atoms with van der Waals surface area (Å²) in [5.41, 5.74) is 16.4. The summed E-state index contributed by atoms with van der Waals surface area (Å²) in [7, 11) is 0. The van der Waals surface area contributed by atoms with Gasteiger partial charge in [-0.05, 0) is 37.5 Å². The monoisotopic (exact) mass is 400 g/mol. The number of amides is 2. The Hall–Kier alpha value is -2.36. The highest BCUT2D eigenvalue weighted by molar-refractivity contribution is 5.91. The van der Waals surface area contributed by atoms with Crippen LogP contribution in [0.25, 0.3) is 0 Å². The van der Waals surface area contributed by atoms with Gasteiger partial charge < -0.3 is 32.9 Å². The van der Waals surface area contributed by atoms with Gasteiger partial charge in [0.15, 0.2) is 5.96 Å². The van der Waals surface area contributed by atoms with E-state index >= 15 is 0 Å². The van der Waals surface area contributed by atoms with E-state index < -0.39 is 35.9 Å². The van der Waals surface area contributed by atoms with Crippen LogP contribution >= 0.6 is 0 Å². The maximum absolute atomic E-state index is 12.6. The topological polar surface area (TPSA) is 186 Å². The fraction of sp³-hybridized carbons (Fsp3) is 0.778. The number of aliphatic carboxylic acids is 1. The Morgan fingerprint density at radius 1 is 0.929 bits per heavy atom. The van der Waals surface area contributed by atoms with Gasteiger partial charge >= 0.3 is 5.97 Å². The van der Waals surface area contributed by atoms with Crippen molar-refractivity contribution in [1.82, 2.24) is 10.6 Å². The van der Waals surface area contributed by atoms with Crippen molar-refractivity contribution in [3.63, 3.8) is 0 Å². The summed E-state index contributed by atoms with van der Waals surface area (Å²) in [5, 5.41) is 14.5. The second-order valence-electron chi connectivity index (χ2n) is 7.77. The van der Waals surface area contributed by atoms with Crippen LogP contribution in [0.5, 0.6) is 0 Å². The molecule has 0 radical (unpaired) electrons.